The minimum absolute atomic E-state index is 0.0651. The molecule has 1 aliphatic rings. The number of carbonyl (C=O) groups is 1. The Kier molecular flexibility index (Phi) is 16.2. The molecule has 1 unspecified atom stereocenters. The van der Waals surface area contributed by atoms with Gasteiger partial charge in [-0.3, -0.25) is 4.79 Å². The minimum atomic E-state index is -1.87. The number of ether oxygens (including phenoxy) is 1. The molecule has 1 aliphatic heterocycles. The standard InChI is InChI=1S/C31H58O3Si/c1-8-10-11-12-13-14-15-16-17-18-19-20-21-22-23-25-27(34-35(6,7)31(3,4)5)26-29-28(24-9-2)30(32)33-29/h2,27-29H,8,10-26H2,1,3-7H3/t27?,28-,29-/m1/s1. The number of esters is 1. The van der Waals surface area contributed by atoms with Crippen molar-refractivity contribution >= 4 is 14.3 Å². The Labute approximate surface area is 220 Å². The van der Waals surface area contributed by atoms with Crippen molar-refractivity contribution < 1.29 is 14.0 Å². The van der Waals surface area contributed by atoms with Crippen molar-refractivity contribution in [2.24, 2.45) is 5.92 Å². The topological polar surface area (TPSA) is 35.5 Å². The zero-order valence-electron chi connectivity index (χ0n) is 24.3. The molecule has 35 heavy (non-hydrogen) atoms. The summed E-state index contributed by atoms with van der Waals surface area (Å²) in [5.41, 5.74) is 0. The van der Waals surface area contributed by atoms with Gasteiger partial charge in [-0.1, -0.05) is 124 Å². The van der Waals surface area contributed by atoms with E-state index in [9.17, 15) is 4.79 Å². The summed E-state index contributed by atoms with van der Waals surface area (Å²) in [7, 11) is -1.87. The smallest absolute Gasteiger partial charge is 0.313 e. The van der Waals surface area contributed by atoms with Gasteiger partial charge in [0.2, 0.25) is 0 Å². The third kappa shape index (κ3) is 13.4. The summed E-state index contributed by atoms with van der Waals surface area (Å²) in [6.45, 7) is 13.8. The zero-order chi connectivity index (χ0) is 26.2. The predicted molar refractivity (Wildman–Crippen MR) is 153 cm³/mol. The van der Waals surface area contributed by atoms with Crippen LogP contribution in [-0.2, 0) is 14.0 Å². The Bertz CT molecular complexity index is 601. The molecular formula is C31H58O3Si. The molecule has 1 rings (SSSR count). The number of unbranched alkanes of at least 4 members (excludes halogenated alkanes) is 14. The SMILES string of the molecule is C#CC[C@H]1C(=O)O[C@@H]1CC(CCCCCCCCCCCCCCCCC)O[Si](C)(C)C(C)(C)C. The largest absolute Gasteiger partial charge is 0.461 e. The van der Waals surface area contributed by atoms with E-state index in [2.05, 4.69) is 46.7 Å². The van der Waals surface area contributed by atoms with Gasteiger partial charge in [0.15, 0.2) is 8.32 Å². The molecule has 204 valence electrons. The van der Waals surface area contributed by atoms with E-state index < -0.39 is 8.32 Å². The second-order valence-corrected chi connectivity index (χ2v) is 17.2. The molecule has 0 saturated carbocycles. The lowest BCUT2D eigenvalue weighted by Gasteiger charge is -2.42. The van der Waals surface area contributed by atoms with Crippen molar-refractivity contribution in [2.45, 2.75) is 174 Å². The maximum Gasteiger partial charge on any atom is 0.313 e. The summed E-state index contributed by atoms with van der Waals surface area (Å²) in [6, 6.07) is 0. The van der Waals surface area contributed by atoms with Gasteiger partial charge in [0.1, 0.15) is 12.0 Å². The van der Waals surface area contributed by atoms with Crippen molar-refractivity contribution in [3.05, 3.63) is 0 Å². The molecular weight excluding hydrogens is 448 g/mol. The molecule has 0 aromatic heterocycles. The van der Waals surface area contributed by atoms with E-state index in [-0.39, 0.29) is 29.1 Å². The summed E-state index contributed by atoms with van der Waals surface area (Å²) in [5, 5.41) is 0.175. The van der Waals surface area contributed by atoms with Gasteiger partial charge in [0, 0.05) is 18.9 Å². The fourth-order valence-corrected chi connectivity index (χ4v) is 6.17. The third-order valence-electron chi connectivity index (χ3n) is 8.25. The van der Waals surface area contributed by atoms with E-state index >= 15 is 0 Å². The van der Waals surface area contributed by atoms with Gasteiger partial charge in [0.05, 0.1) is 0 Å². The predicted octanol–water partition coefficient (Wildman–Crippen LogP) is 9.59. The molecule has 3 atom stereocenters. The van der Waals surface area contributed by atoms with Crippen LogP contribution in [0.2, 0.25) is 18.1 Å². The quantitative estimate of drug-likeness (QED) is 0.0672. The maximum absolute atomic E-state index is 11.8. The number of carbonyl (C=O) groups excluding carboxylic acids is 1. The molecule has 3 nitrogen and oxygen atoms in total. The van der Waals surface area contributed by atoms with E-state index in [1.165, 1.54) is 96.3 Å². The Hall–Kier alpha value is -0.793. The second kappa shape index (κ2) is 17.6. The summed E-state index contributed by atoms with van der Waals surface area (Å²) in [5.74, 6) is 2.38. The Morgan fingerprint density at radius 1 is 0.886 bits per heavy atom. The average molecular weight is 507 g/mol. The summed E-state index contributed by atoms with van der Waals surface area (Å²) >= 11 is 0. The van der Waals surface area contributed by atoms with Crippen molar-refractivity contribution in [1.82, 2.24) is 0 Å². The average Bonchev–Trinajstić information content (AvgIpc) is 2.78. The van der Waals surface area contributed by atoms with Crippen LogP contribution in [0.4, 0.5) is 0 Å². The molecule has 0 spiro atoms. The van der Waals surface area contributed by atoms with Crippen LogP contribution in [0.5, 0.6) is 0 Å². The molecule has 4 heteroatoms. The highest BCUT2D eigenvalue weighted by molar-refractivity contribution is 6.74. The number of rotatable bonds is 21. The lowest BCUT2D eigenvalue weighted by Crippen LogP contribution is -2.49. The molecule has 0 aromatic carbocycles. The molecule has 0 radical (unpaired) electrons. The molecule has 0 aliphatic carbocycles. The first-order chi connectivity index (χ1) is 16.6. The van der Waals surface area contributed by atoms with Gasteiger partial charge in [-0.2, -0.15) is 0 Å². The summed E-state index contributed by atoms with van der Waals surface area (Å²) < 4.78 is 12.3. The van der Waals surface area contributed by atoms with Gasteiger partial charge in [-0.05, 0) is 24.6 Å². The molecule has 0 N–H and O–H groups in total. The maximum atomic E-state index is 11.8. The molecule has 0 aromatic rings. The Morgan fingerprint density at radius 3 is 1.74 bits per heavy atom. The molecule has 1 saturated heterocycles. The van der Waals surface area contributed by atoms with E-state index in [4.69, 9.17) is 15.6 Å². The molecule has 1 fully saturated rings. The van der Waals surface area contributed by atoms with Crippen molar-refractivity contribution in [1.29, 1.82) is 0 Å². The molecule has 0 amide bonds. The van der Waals surface area contributed by atoms with Gasteiger partial charge in [-0.15, -0.1) is 12.3 Å². The van der Waals surface area contributed by atoms with Gasteiger partial charge in [0.25, 0.3) is 0 Å². The lowest BCUT2D eigenvalue weighted by atomic mass is 9.88. The van der Waals surface area contributed by atoms with Crippen LogP contribution in [0.15, 0.2) is 0 Å². The highest BCUT2D eigenvalue weighted by Crippen LogP contribution is 2.39. The first-order valence-electron chi connectivity index (χ1n) is 14.9. The van der Waals surface area contributed by atoms with Crippen LogP contribution >= 0.6 is 0 Å². The number of terminal acetylenes is 1. The normalized spacial score (nSPS) is 19.2. The van der Waals surface area contributed by atoms with Crippen molar-refractivity contribution in [3.8, 4) is 12.3 Å². The summed E-state index contributed by atoms with van der Waals surface area (Å²) in [6.07, 6.45) is 28.6. The third-order valence-corrected chi connectivity index (χ3v) is 12.8. The highest BCUT2D eigenvalue weighted by Gasteiger charge is 2.45. The minimum Gasteiger partial charge on any atom is -0.461 e. The number of hydrogen-bond acceptors (Lipinski definition) is 3. The number of cyclic esters (lactones) is 1. The van der Waals surface area contributed by atoms with Crippen LogP contribution in [0.25, 0.3) is 0 Å². The first kappa shape index (κ1) is 32.2. The van der Waals surface area contributed by atoms with E-state index in [1.54, 1.807) is 0 Å². The van der Waals surface area contributed by atoms with Crippen LogP contribution in [0.3, 0.4) is 0 Å². The van der Waals surface area contributed by atoms with E-state index in [0.717, 1.165) is 12.8 Å². The monoisotopic (exact) mass is 506 g/mol. The highest BCUT2D eigenvalue weighted by atomic mass is 28.4. The van der Waals surface area contributed by atoms with Crippen LogP contribution in [-0.4, -0.2) is 26.5 Å². The van der Waals surface area contributed by atoms with Crippen molar-refractivity contribution in [2.75, 3.05) is 0 Å². The fraction of sp³-hybridized carbons (Fsp3) is 0.903. The Morgan fingerprint density at radius 2 is 1.34 bits per heavy atom. The van der Waals surface area contributed by atoms with Gasteiger partial charge >= 0.3 is 5.97 Å². The van der Waals surface area contributed by atoms with Crippen LogP contribution in [0.1, 0.15) is 143 Å². The van der Waals surface area contributed by atoms with Gasteiger partial charge in [-0.25, -0.2) is 0 Å². The van der Waals surface area contributed by atoms with Crippen LogP contribution in [0, 0.1) is 18.3 Å². The van der Waals surface area contributed by atoms with Gasteiger partial charge < -0.3 is 9.16 Å². The zero-order valence-corrected chi connectivity index (χ0v) is 25.3. The second-order valence-electron chi connectivity index (χ2n) is 12.5. The Balaban J connectivity index is 2.22. The van der Waals surface area contributed by atoms with E-state index in [0.29, 0.717) is 6.42 Å². The molecule has 1 heterocycles. The van der Waals surface area contributed by atoms with Crippen LogP contribution < -0.4 is 0 Å². The fourth-order valence-electron chi connectivity index (χ4n) is 4.77. The first-order valence-corrected chi connectivity index (χ1v) is 17.8. The molecule has 0 bridgehead atoms. The number of hydrogen-bond donors (Lipinski definition) is 0. The summed E-state index contributed by atoms with van der Waals surface area (Å²) in [4.78, 5) is 11.8. The van der Waals surface area contributed by atoms with E-state index in [1.807, 2.05) is 0 Å². The lowest BCUT2D eigenvalue weighted by molar-refractivity contribution is -0.186. The van der Waals surface area contributed by atoms with Crippen molar-refractivity contribution in [3.63, 3.8) is 0 Å².